The van der Waals surface area contributed by atoms with E-state index >= 15 is 0 Å². The van der Waals surface area contributed by atoms with Crippen LogP contribution in [0.25, 0.3) is 0 Å². The van der Waals surface area contributed by atoms with Gasteiger partial charge in [-0.1, -0.05) is 37.2 Å². The Morgan fingerprint density at radius 2 is 1.90 bits per heavy atom. The number of carboxylic acid groups (broad SMARTS) is 1. The van der Waals surface area contributed by atoms with Crippen molar-refractivity contribution in [2.45, 2.75) is 76.4 Å². The number of rotatable bonds is 10. The van der Waals surface area contributed by atoms with Gasteiger partial charge in [-0.05, 0) is 62.5 Å². The predicted molar refractivity (Wildman–Crippen MR) is 106 cm³/mol. The number of halogens is 2. The lowest BCUT2D eigenvalue weighted by Gasteiger charge is -2.22. The molecule has 3 N–H and O–H groups in total. The Balaban J connectivity index is 1.76. The summed E-state index contributed by atoms with van der Waals surface area (Å²) in [6.45, 7) is 0. The molecule has 160 valence electrons. The SMILES string of the molecule is O=C(O)CCCCCC[C@@H]1[C@@H](CCC(O)C#Cc2cccc(F)c2F)CC[C@@H]1O. The van der Waals surface area contributed by atoms with Crippen molar-refractivity contribution in [2.75, 3.05) is 0 Å². The summed E-state index contributed by atoms with van der Waals surface area (Å²) in [5, 5.41) is 29.0. The minimum Gasteiger partial charge on any atom is -0.481 e. The molecule has 0 aliphatic heterocycles. The van der Waals surface area contributed by atoms with Gasteiger partial charge in [0.05, 0.1) is 11.7 Å². The second-order valence-corrected chi connectivity index (χ2v) is 7.88. The Bertz CT molecular complexity index is 725. The van der Waals surface area contributed by atoms with E-state index in [1.165, 1.54) is 12.1 Å². The molecule has 1 saturated carbocycles. The second-order valence-electron chi connectivity index (χ2n) is 7.88. The molecule has 0 spiro atoms. The minimum absolute atomic E-state index is 0.0684. The first kappa shape index (κ1) is 23.3. The Labute approximate surface area is 171 Å². The molecule has 29 heavy (non-hydrogen) atoms. The van der Waals surface area contributed by atoms with Crippen molar-refractivity contribution in [1.29, 1.82) is 0 Å². The molecule has 0 radical (unpaired) electrons. The highest BCUT2D eigenvalue weighted by Crippen LogP contribution is 2.38. The van der Waals surface area contributed by atoms with Crippen molar-refractivity contribution in [3.63, 3.8) is 0 Å². The predicted octanol–water partition coefficient (Wildman–Crippen LogP) is 4.27. The summed E-state index contributed by atoms with van der Waals surface area (Å²) in [4.78, 5) is 10.5. The van der Waals surface area contributed by atoms with Gasteiger partial charge in [0.1, 0.15) is 6.10 Å². The fourth-order valence-electron chi connectivity index (χ4n) is 4.13. The molecular weight excluding hydrogens is 378 g/mol. The number of hydrogen-bond donors (Lipinski definition) is 3. The standard InChI is InChI=1S/C23H30F2O4/c24-20-8-5-6-17(23(20)25)11-14-18(26)13-10-16-12-15-21(27)19(16)7-3-1-2-4-9-22(28)29/h5-6,8,16,18-19,21,26-27H,1-4,7,9-10,12-13,15H2,(H,28,29)/t16-,18?,19+,21-/m0/s1. The van der Waals surface area contributed by atoms with Crippen LogP contribution in [0.5, 0.6) is 0 Å². The van der Waals surface area contributed by atoms with Crippen LogP contribution in [-0.4, -0.2) is 33.5 Å². The molecule has 2 rings (SSSR count). The zero-order valence-electron chi connectivity index (χ0n) is 16.6. The Kier molecular flexibility index (Phi) is 9.56. The van der Waals surface area contributed by atoms with Crippen LogP contribution in [0, 0.1) is 35.3 Å². The fraction of sp³-hybridized carbons (Fsp3) is 0.609. The number of benzene rings is 1. The van der Waals surface area contributed by atoms with Gasteiger partial charge in [0.25, 0.3) is 0 Å². The topological polar surface area (TPSA) is 77.8 Å². The maximum atomic E-state index is 13.6. The summed E-state index contributed by atoms with van der Waals surface area (Å²) in [5.74, 6) is 2.86. The number of carboxylic acids is 1. The number of aliphatic hydroxyl groups is 2. The molecule has 4 nitrogen and oxygen atoms in total. The molecule has 1 aromatic carbocycles. The summed E-state index contributed by atoms with van der Waals surface area (Å²) in [6.07, 6.45) is 6.13. The maximum absolute atomic E-state index is 13.6. The van der Waals surface area contributed by atoms with Crippen LogP contribution in [0.3, 0.4) is 0 Å². The highest BCUT2D eigenvalue weighted by atomic mass is 19.2. The second kappa shape index (κ2) is 11.9. The first-order valence-corrected chi connectivity index (χ1v) is 10.4. The normalized spacial score (nSPS) is 22.1. The Morgan fingerprint density at radius 3 is 2.66 bits per heavy atom. The number of unbranched alkanes of at least 4 members (excludes halogenated alkanes) is 3. The van der Waals surface area contributed by atoms with E-state index in [1.54, 1.807) is 0 Å². The van der Waals surface area contributed by atoms with E-state index in [1.807, 2.05) is 0 Å². The van der Waals surface area contributed by atoms with Crippen LogP contribution in [0.15, 0.2) is 18.2 Å². The molecule has 6 heteroatoms. The summed E-state index contributed by atoms with van der Waals surface area (Å²) in [5.41, 5.74) is -0.0684. The largest absolute Gasteiger partial charge is 0.481 e. The third kappa shape index (κ3) is 7.75. The lowest BCUT2D eigenvalue weighted by atomic mass is 9.85. The highest BCUT2D eigenvalue weighted by Gasteiger charge is 2.34. The molecule has 0 bridgehead atoms. The van der Waals surface area contributed by atoms with Gasteiger partial charge in [0.15, 0.2) is 11.6 Å². The maximum Gasteiger partial charge on any atom is 0.303 e. The molecule has 1 aliphatic carbocycles. The smallest absolute Gasteiger partial charge is 0.303 e. The third-order valence-electron chi connectivity index (χ3n) is 5.75. The lowest BCUT2D eigenvalue weighted by molar-refractivity contribution is -0.137. The van der Waals surface area contributed by atoms with Crippen molar-refractivity contribution >= 4 is 5.97 Å². The van der Waals surface area contributed by atoms with Crippen LogP contribution in [-0.2, 0) is 4.79 Å². The zero-order valence-corrected chi connectivity index (χ0v) is 16.6. The summed E-state index contributed by atoms with van der Waals surface area (Å²) in [6, 6.07) is 3.77. The highest BCUT2D eigenvalue weighted by molar-refractivity contribution is 5.66. The number of hydrogen-bond acceptors (Lipinski definition) is 3. The number of aliphatic hydroxyl groups excluding tert-OH is 2. The molecule has 0 aromatic heterocycles. The van der Waals surface area contributed by atoms with Gasteiger partial charge in [0, 0.05) is 6.42 Å². The molecule has 0 saturated heterocycles. The van der Waals surface area contributed by atoms with Crippen molar-refractivity contribution in [1.82, 2.24) is 0 Å². The molecule has 1 aliphatic rings. The van der Waals surface area contributed by atoms with Gasteiger partial charge in [-0.25, -0.2) is 8.78 Å². The molecular formula is C23H30F2O4. The van der Waals surface area contributed by atoms with Crippen LogP contribution < -0.4 is 0 Å². The number of aliphatic carboxylic acids is 1. The molecule has 1 unspecified atom stereocenters. The van der Waals surface area contributed by atoms with Crippen LogP contribution in [0.2, 0.25) is 0 Å². The van der Waals surface area contributed by atoms with E-state index < -0.39 is 23.7 Å². The van der Waals surface area contributed by atoms with Gasteiger partial charge >= 0.3 is 5.97 Å². The summed E-state index contributed by atoms with van der Waals surface area (Å²) >= 11 is 0. The molecule has 1 aromatic rings. The van der Waals surface area contributed by atoms with Gasteiger partial charge < -0.3 is 15.3 Å². The van der Waals surface area contributed by atoms with E-state index in [0.29, 0.717) is 18.8 Å². The lowest BCUT2D eigenvalue weighted by Crippen LogP contribution is -2.20. The minimum atomic E-state index is -1.01. The van der Waals surface area contributed by atoms with Crippen LogP contribution >= 0.6 is 0 Å². The quantitative estimate of drug-likeness (QED) is 0.399. The Hall–Kier alpha value is -1.97. The summed E-state index contributed by atoms with van der Waals surface area (Å²) in [7, 11) is 0. The van der Waals surface area contributed by atoms with Gasteiger partial charge in [0.2, 0.25) is 0 Å². The molecule has 0 heterocycles. The van der Waals surface area contributed by atoms with Crippen LogP contribution in [0.4, 0.5) is 8.78 Å². The van der Waals surface area contributed by atoms with Crippen molar-refractivity contribution in [3.05, 3.63) is 35.4 Å². The average Bonchev–Trinajstić information content (AvgIpc) is 3.03. The molecule has 0 amide bonds. The Morgan fingerprint density at radius 1 is 1.14 bits per heavy atom. The average molecular weight is 408 g/mol. The van der Waals surface area contributed by atoms with Crippen molar-refractivity contribution < 1.29 is 28.9 Å². The van der Waals surface area contributed by atoms with Crippen molar-refractivity contribution in [3.8, 4) is 11.8 Å². The van der Waals surface area contributed by atoms with Gasteiger partial charge in [-0.15, -0.1) is 0 Å². The monoisotopic (exact) mass is 408 g/mol. The zero-order chi connectivity index (χ0) is 21.2. The molecule has 1 fully saturated rings. The van der Waals surface area contributed by atoms with E-state index in [2.05, 4.69) is 11.8 Å². The van der Waals surface area contributed by atoms with Gasteiger partial charge in [-0.2, -0.15) is 0 Å². The first-order valence-electron chi connectivity index (χ1n) is 10.4. The fourth-order valence-corrected chi connectivity index (χ4v) is 4.13. The van der Waals surface area contributed by atoms with Crippen molar-refractivity contribution in [2.24, 2.45) is 11.8 Å². The van der Waals surface area contributed by atoms with E-state index in [4.69, 9.17) is 5.11 Å². The van der Waals surface area contributed by atoms with Gasteiger partial charge in [-0.3, -0.25) is 4.79 Å². The van der Waals surface area contributed by atoms with E-state index in [0.717, 1.165) is 51.0 Å². The van der Waals surface area contributed by atoms with Crippen LogP contribution in [0.1, 0.15) is 69.8 Å². The summed E-state index contributed by atoms with van der Waals surface area (Å²) < 4.78 is 26.8. The van der Waals surface area contributed by atoms with E-state index in [9.17, 15) is 23.8 Å². The first-order chi connectivity index (χ1) is 13.9. The molecule has 4 atom stereocenters. The third-order valence-corrected chi connectivity index (χ3v) is 5.75. The van der Waals surface area contributed by atoms with E-state index in [-0.39, 0.29) is 24.0 Å². The number of carbonyl (C=O) groups is 1.